The minimum absolute atomic E-state index is 0.0855. The molecular formula is C17H26INO2S. The molecule has 1 aromatic carbocycles. The second-order valence-electron chi connectivity index (χ2n) is 6.18. The van der Waals surface area contributed by atoms with Crippen LogP contribution in [0.15, 0.2) is 29.2 Å². The zero-order valence-electron chi connectivity index (χ0n) is 13.1. The number of sulfonamides is 1. The van der Waals surface area contributed by atoms with Crippen molar-refractivity contribution in [2.45, 2.75) is 75.1 Å². The average molecular weight is 435 g/mol. The van der Waals surface area contributed by atoms with Crippen LogP contribution in [0.1, 0.15) is 64.2 Å². The molecule has 22 heavy (non-hydrogen) atoms. The Bertz CT molecular complexity index is 530. The van der Waals surface area contributed by atoms with Gasteiger partial charge in [0.15, 0.2) is 0 Å². The Balaban J connectivity index is 1.99. The maximum atomic E-state index is 12.5. The van der Waals surface area contributed by atoms with E-state index in [1.54, 1.807) is 12.1 Å². The predicted octanol–water partition coefficient (Wildman–Crippen LogP) is 4.85. The summed E-state index contributed by atoms with van der Waals surface area (Å²) in [6.45, 7) is 0. The summed E-state index contributed by atoms with van der Waals surface area (Å²) in [6, 6.07) is 7.14. The van der Waals surface area contributed by atoms with Crippen LogP contribution in [-0.2, 0) is 10.0 Å². The molecule has 0 radical (unpaired) electrons. The molecule has 0 atom stereocenters. The summed E-state index contributed by atoms with van der Waals surface area (Å²) in [4.78, 5) is 0.377. The van der Waals surface area contributed by atoms with Gasteiger partial charge in [0.1, 0.15) is 0 Å². The Morgan fingerprint density at radius 2 is 1.27 bits per heavy atom. The molecule has 0 spiro atoms. The van der Waals surface area contributed by atoms with Crippen LogP contribution in [0.2, 0.25) is 0 Å². The molecule has 1 aromatic rings. The van der Waals surface area contributed by atoms with E-state index < -0.39 is 10.0 Å². The normalized spacial score (nSPS) is 19.5. The summed E-state index contributed by atoms with van der Waals surface area (Å²) in [7, 11) is -3.39. The zero-order chi connectivity index (χ0) is 15.8. The third-order valence-electron chi connectivity index (χ3n) is 4.30. The third kappa shape index (κ3) is 6.16. The molecule has 0 unspecified atom stereocenters. The molecule has 0 bridgehead atoms. The number of halogens is 1. The van der Waals surface area contributed by atoms with Crippen LogP contribution in [-0.4, -0.2) is 14.5 Å². The molecule has 3 nitrogen and oxygen atoms in total. The maximum Gasteiger partial charge on any atom is 0.240 e. The van der Waals surface area contributed by atoms with E-state index in [4.69, 9.17) is 0 Å². The third-order valence-corrected chi connectivity index (χ3v) is 6.56. The first kappa shape index (κ1) is 18.2. The Kier molecular flexibility index (Phi) is 7.63. The fourth-order valence-corrected chi connectivity index (χ4v) is 4.67. The molecular weight excluding hydrogens is 409 g/mol. The smallest absolute Gasteiger partial charge is 0.208 e. The second-order valence-corrected chi connectivity index (χ2v) is 9.14. The van der Waals surface area contributed by atoms with Crippen LogP contribution in [0.4, 0.5) is 0 Å². The lowest BCUT2D eigenvalue weighted by Gasteiger charge is -2.18. The van der Waals surface area contributed by atoms with Gasteiger partial charge < -0.3 is 0 Å². The molecule has 124 valence electrons. The molecule has 0 saturated heterocycles. The standard InChI is InChI=1S/C17H26INO2S/c18-15-11-13-17(14-12-15)22(20,21)19-16-9-7-5-3-1-2-4-6-8-10-16/h11-14,16,19H,1-10H2. The summed E-state index contributed by atoms with van der Waals surface area (Å²) in [5.74, 6) is 0. The van der Waals surface area contributed by atoms with Gasteiger partial charge >= 0.3 is 0 Å². The average Bonchev–Trinajstić information content (AvgIpc) is 2.54. The Morgan fingerprint density at radius 1 is 0.818 bits per heavy atom. The summed E-state index contributed by atoms with van der Waals surface area (Å²) >= 11 is 2.19. The highest BCUT2D eigenvalue weighted by molar-refractivity contribution is 14.1. The highest BCUT2D eigenvalue weighted by Gasteiger charge is 2.19. The van der Waals surface area contributed by atoms with Gasteiger partial charge in [-0.1, -0.05) is 51.4 Å². The van der Waals surface area contributed by atoms with Gasteiger partial charge in [0.25, 0.3) is 0 Å². The van der Waals surface area contributed by atoms with Crippen molar-refractivity contribution in [1.82, 2.24) is 4.72 Å². The minimum Gasteiger partial charge on any atom is -0.208 e. The van der Waals surface area contributed by atoms with Crippen molar-refractivity contribution in [3.8, 4) is 0 Å². The number of nitrogens with one attached hydrogen (secondary N) is 1. The van der Waals surface area contributed by atoms with Gasteiger partial charge in [0.2, 0.25) is 10.0 Å². The van der Waals surface area contributed by atoms with Crippen molar-refractivity contribution in [3.63, 3.8) is 0 Å². The van der Waals surface area contributed by atoms with Gasteiger partial charge in [0.05, 0.1) is 4.90 Å². The largest absolute Gasteiger partial charge is 0.240 e. The molecule has 1 aliphatic rings. The number of hydrogen-bond donors (Lipinski definition) is 1. The summed E-state index contributed by atoms with van der Waals surface area (Å²) < 4.78 is 29.0. The van der Waals surface area contributed by atoms with Gasteiger partial charge in [-0.25, -0.2) is 13.1 Å². The SMILES string of the molecule is O=S(=O)(NC1CCCCCCCCCC1)c1ccc(I)cc1. The van der Waals surface area contributed by atoms with Crippen molar-refractivity contribution in [1.29, 1.82) is 0 Å². The van der Waals surface area contributed by atoms with E-state index >= 15 is 0 Å². The predicted molar refractivity (Wildman–Crippen MR) is 99.4 cm³/mol. The van der Waals surface area contributed by atoms with Gasteiger partial charge in [-0.2, -0.15) is 0 Å². The van der Waals surface area contributed by atoms with Gasteiger partial charge in [-0.15, -0.1) is 0 Å². The van der Waals surface area contributed by atoms with Crippen molar-refractivity contribution in [2.24, 2.45) is 0 Å². The zero-order valence-corrected chi connectivity index (χ0v) is 16.0. The fourth-order valence-electron chi connectivity index (χ4n) is 3.01. The first-order chi connectivity index (χ1) is 10.6. The number of benzene rings is 1. The first-order valence-corrected chi connectivity index (χ1v) is 10.9. The number of rotatable bonds is 3. The molecule has 0 heterocycles. The topological polar surface area (TPSA) is 46.2 Å². The Morgan fingerprint density at radius 3 is 1.77 bits per heavy atom. The van der Waals surface area contributed by atoms with E-state index in [-0.39, 0.29) is 6.04 Å². The van der Waals surface area contributed by atoms with Crippen LogP contribution >= 0.6 is 22.6 Å². The van der Waals surface area contributed by atoms with Crippen molar-refractivity contribution in [3.05, 3.63) is 27.8 Å². The molecule has 1 saturated carbocycles. The van der Waals surface area contributed by atoms with Crippen LogP contribution < -0.4 is 4.72 Å². The van der Waals surface area contributed by atoms with Crippen molar-refractivity contribution in [2.75, 3.05) is 0 Å². The molecule has 0 aliphatic heterocycles. The Labute approximate surface area is 148 Å². The molecule has 1 aliphatic carbocycles. The van der Waals surface area contributed by atoms with E-state index in [1.807, 2.05) is 12.1 Å². The van der Waals surface area contributed by atoms with Gasteiger partial charge in [-0.3, -0.25) is 0 Å². The van der Waals surface area contributed by atoms with E-state index in [1.165, 1.54) is 38.5 Å². The Hall–Kier alpha value is -0.140. The van der Waals surface area contributed by atoms with E-state index in [9.17, 15) is 8.42 Å². The highest BCUT2D eigenvalue weighted by Crippen LogP contribution is 2.19. The fraction of sp³-hybridized carbons (Fsp3) is 0.647. The minimum atomic E-state index is -3.39. The lowest BCUT2D eigenvalue weighted by molar-refractivity contribution is 0.467. The van der Waals surface area contributed by atoms with Gasteiger partial charge in [0, 0.05) is 9.61 Å². The van der Waals surface area contributed by atoms with Crippen molar-refractivity contribution >= 4 is 32.6 Å². The van der Waals surface area contributed by atoms with Crippen LogP contribution in [0, 0.1) is 3.57 Å². The molecule has 5 heteroatoms. The van der Waals surface area contributed by atoms with Crippen LogP contribution in [0.25, 0.3) is 0 Å². The van der Waals surface area contributed by atoms with Crippen molar-refractivity contribution < 1.29 is 8.42 Å². The summed E-state index contributed by atoms with van der Waals surface area (Å²) in [6.07, 6.45) is 11.9. The summed E-state index contributed by atoms with van der Waals surface area (Å²) in [5.41, 5.74) is 0. The van der Waals surface area contributed by atoms with Gasteiger partial charge in [-0.05, 0) is 59.7 Å². The van der Waals surface area contributed by atoms with Crippen LogP contribution in [0.5, 0.6) is 0 Å². The summed E-state index contributed by atoms with van der Waals surface area (Å²) in [5, 5.41) is 0. The number of hydrogen-bond acceptors (Lipinski definition) is 2. The maximum absolute atomic E-state index is 12.5. The van der Waals surface area contributed by atoms with E-state index in [2.05, 4.69) is 27.3 Å². The molecule has 1 N–H and O–H groups in total. The quantitative estimate of drug-likeness (QED) is 0.690. The first-order valence-electron chi connectivity index (χ1n) is 8.36. The van der Waals surface area contributed by atoms with E-state index in [0.29, 0.717) is 4.90 Å². The molecule has 0 aromatic heterocycles. The highest BCUT2D eigenvalue weighted by atomic mass is 127. The lowest BCUT2D eigenvalue weighted by atomic mass is 10.0. The van der Waals surface area contributed by atoms with E-state index in [0.717, 1.165) is 29.3 Å². The molecule has 1 fully saturated rings. The van der Waals surface area contributed by atoms with Crippen LogP contribution in [0.3, 0.4) is 0 Å². The monoisotopic (exact) mass is 435 g/mol. The molecule has 0 amide bonds. The molecule has 2 rings (SSSR count). The lowest BCUT2D eigenvalue weighted by Crippen LogP contribution is -2.34. The second kappa shape index (κ2) is 9.23.